The molecule has 1 fully saturated rings. The molecule has 1 aromatic rings. The second-order valence-electron chi connectivity index (χ2n) is 2.83. The van der Waals surface area contributed by atoms with Crippen molar-refractivity contribution in [1.82, 2.24) is 9.78 Å². The molecule has 14 heavy (non-hydrogen) atoms. The van der Waals surface area contributed by atoms with Crippen LogP contribution in [0.1, 0.15) is 6.04 Å². The Labute approximate surface area is 86.9 Å². The lowest BCUT2D eigenvalue weighted by atomic mass is 10.3. The highest BCUT2D eigenvalue weighted by Gasteiger charge is 2.23. The van der Waals surface area contributed by atoms with Gasteiger partial charge < -0.3 is 9.47 Å². The van der Waals surface area contributed by atoms with Crippen LogP contribution in [0.5, 0.6) is 5.88 Å². The molecule has 0 aliphatic carbocycles. The molecule has 0 saturated carbocycles. The minimum atomic E-state index is -2.85. The fraction of sp³-hybridized carbons (Fsp3) is 0.571. The van der Waals surface area contributed by atoms with E-state index in [9.17, 15) is 8.78 Å². The van der Waals surface area contributed by atoms with Gasteiger partial charge in [0.05, 0.1) is 23.7 Å². The number of rotatable bonds is 3. The maximum Gasteiger partial charge on any atom is 0.388 e. The first-order valence-corrected chi connectivity index (χ1v) is 4.73. The van der Waals surface area contributed by atoms with Crippen LogP contribution in [0.3, 0.4) is 0 Å². The van der Waals surface area contributed by atoms with Gasteiger partial charge in [-0.15, -0.1) is 5.10 Å². The zero-order valence-electron chi connectivity index (χ0n) is 6.99. The van der Waals surface area contributed by atoms with Gasteiger partial charge >= 0.3 is 6.61 Å². The molecular weight excluding hydrogens is 262 g/mol. The zero-order chi connectivity index (χ0) is 10.1. The van der Waals surface area contributed by atoms with Gasteiger partial charge in [-0.1, -0.05) is 0 Å². The van der Waals surface area contributed by atoms with Gasteiger partial charge in [0.15, 0.2) is 0 Å². The van der Waals surface area contributed by atoms with Crippen molar-refractivity contribution in [3.05, 3.63) is 10.7 Å². The first kappa shape index (κ1) is 9.85. The highest BCUT2D eigenvalue weighted by molar-refractivity contribution is 9.10. The van der Waals surface area contributed by atoms with Crippen LogP contribution in [0, 0.1) is 0 Å². The van der Waals surface area contributed by atoms with Gasteiger partial charge in [-0.3, -0.25) is 4.68 Å². The third-order valence-electron chi connectivity index (χ3n) is 1.85. The Morgan fingerprint density at radius 2 is 2.36 bits per heavy atom. The summed E-state index contributed by atoms with van der Waals surface area (Å²) in [5.41, 5.74) is 0. The van der Waals surface area contributed by atoms with E-state index in [1.807, 2.05) is 0 Å². The second kappa shape index (κ2) is 3.82. The van der Waals surface area contributed by atoms with Crippen molar-refractivity contribution in [3.8, 4) is 5.88 Å². The van der Waals surface area contributed by atoms with E-state index in [4.69, 9.17) is 4.74 Å². The number of aromatic nitrogens is 2. The third-order valence-corrected chi connectivity index (χ3v) is 2.40. The average Bonchev–Trinajstić information content (AvgIpc) is 2.27. The molecule has 1 aliphatic rings. The molecule has 1 aliphatic heterocycles. The summed E-state index contributed by atoms with van der Waals surface area (Å²) >= 11 is 3.08. The molecule has 0 amide bonds. The van der Waals surface area contributed by atoms with Crippen LogP contribution in [-0.2, 0) is 4.74 Å². The van der Waals surface area contributed by atoms with Gasteiger partial charge in [0.1, 0.15) is 0 Å². The molecule has 0 bridgehead atoms. The Kier molecular flexibility index (Phi) is 2.69. The van der Waals surface area contributed by atoms with E-state index in [1.165, 1.54) is 0 Å². The number of ether oxygens (including phenoxy) is 2. The normalized spacial score (nSPS) is 17.1. The molecule has 0 aromatic carbocycles. The molecule has 2 heterocycles. The van der Waals surface area contributed by atoms with Crippen molar-refractivity contribution in [2.24, 2.45) is 0 Å². The summed E-state index contributed by atoms with van der Waals surface area (Å²) in [6.45, 7) is -1.74. The van der Waals surface area contributed by atoms with Gasteiger partial charge in [-0.2, -0.15) is 8.78 Å². The molecule has 7 heteroatoms. The lowest BCUT2D eigenvalue weighted by Gasteiger charge is -2.25. The second-order valence-corrected chi connectivity index (χ2v) is 3.69. The van der Waals surface area contributed by atoms with Crippen LogP contribution in [0.25, 0.3) is 0 Å². The van der Waals surface area contributed by atoms with Gasteiger partial charge in [0.2, 0.25) is 0 Å². The molecule has 0 spiro atoms. The Bertz CT molecular complexity index is 327. The number of hydrogen-bond donors (Lipinski definition) is 0. The van der Waals surface area contributed by atoms with Crippen LogP contribution >= 0.6 is 15.9 Å². The summed E-state index contributed by atoms with van der Waals surface area (Å²) in [6, 6.07) is 0.126. The van der Waals surface area contributed by atoms with E-state index >= 15 is 0 Å². The molecule has 2 rings (SSSR count). The number of halogens is 3. The average molecular weight is 269 g/mol. The van der Waals surface area contributed by atoms with Crippen molar-refractivity contribution >= 4 is 15.9 Å². The minimum absolute atomic E-state index is 0.0908. The number of nitrogens with zero attached hydrogens (tertiary/aromatic N) is 2. The minimum Gasteiger partial charge on any atom is -0.414 e. The monoisotopic (exact) mass is 268 g/mol. The maximum absolute atomic E-state index is 11.9. The SMILES string of the molecule is FC(F)Oc1nn(C2COC2)cc1Br. The van der Waals surface area contributed by atoms with Gasteiger partial charge in [0, 0.05) is 6.20 Å². The lowest BCUT2D eigenvalue weighted by molar-refractivity contribution is -0.0561. The summed E-state index contributed by atoms with van der Waals surface area (Å²) in [6.07, 6.45) is 1.60. The molecule has 78 valence electrons. The Hall–Kier alpha value is -0.690. The van der Waals surface area contributed by atoms with Crippen LogP contribution in [0.2, 0.25) is 0 Å². The summed E-state index contributed by atoms with van der Waals surface area (Å²) in [4.78, 5) is 0. The molecule has 0 N–H and O–H groups in total. The topological polar surface area (TPSA) is 36.3 Å². The van der Waals surface area contributed by atoms with Gasteiger partial charge in [-0.05, 0) is 15.9 Å². The Morgan fingerprint density at radius 3 is 2.86 bits per heavy atom. The Balaban J connectivity index is 2.12. The highest BCUT2D eigenvalue weighted by Crippen LogP contribution is 2.27. The van der Waals surface area contributed by atoms with Gasteiger partial charge in [0.25, 0.3) is 5.88 Å². The predicted molar refractivity (Wildman–Crippen MR) is 46.4 cm³/mol. The number of alkyl halides is 2. The van der Waals surface area contributed by atoms with Crippen molar-refractivity contribution in [2.45, 2.75) is 12.7 Å². The summed E-state index contributed by atoms with van der Waals surface area (Å²) in [7, 11) is 0. The molecule has 0 radical (unpaired) electrons. The summed E-state index contributed by atoms with van der Waals surface area (Å²) in [5, 5.41) is 3.86. The van der Waals surface area contributed by atoms with Crippen LogP contribution in [0.15, 0.2) is 10.7 Å². The first-order chi connectivity index (χ1) is 6.66. The highest BCUT2D eigenvalue weighted by atomic mass is 79.9. The third kappa shape index (κ3) is 1.88. The Morgan fingerprint density at radius 1 is 1.64 bits per heavy atom. The summed E-state index contributed by atoms with van der Waals surface area (Å²) in [5.74, 6) is -0.0908. The van der Waals surface area contributed by atoms with Gasteiger partial charge in [-0.25, -0.2) is 0 Å². The van der Waals surface area contributed by atoms with E-state index in [2.05, 4.69) is 25.8 Å². The fourth-order valence-corrected chi connectivity index (χ4v) is 1.46. The molecule has 0 unspecified atom stereocenters. The molecule has 1 saturated heterocycles. The van der Waals surface area contributed by atoms with E-state index in [1.54, 1.807) is 10.9 Å². The smallest absolute Gasteiger partial charge is 0.388 e. The first-order valence-electron chi connectivity index (χ1n) is 3.94. The molecule has 4 nitrogen and oxygen atoms in total. The van der Waals surface area contributed by atoms with Crippen molar-refractivity contribution in [2.75, 3.05) is 13.2 Å². The predicted octanol–water partition coefficient (Wildman–Crippen LogP) is 1.82. The van der Waals surface area contributed by atoms with E-state index in [0.717, 1.165) is 0 Å². The maximum atomic E-state index is 11.9. The van der Waals surface area contributed by atoms with E-state index < -0.39 is 6.61 Å². The molecule has 0 atom stereocenters. The quantitative estimate of drug-likeness (QED) is 0.839. The van der Waals surface area contributed by atoms with Crippen LogP contribution in [-0.4, -0.2) is 29.6 Å². The largest absolute Gasteiger partial charge is 0.414 e. The van der Waals surface area contributed by atoms with Crippen LogP contribution in [0.4, 0.5) is 8.78 Å². The fourth-order valence-electron chi connectivity index (χ4n) is 1.08. The zero-order valence-corrected chi connectivity index (χ0v) is 8.58. The summed E-state index contributed by atoms with van der Waals surface area (Å²) < 4.78 is 34.9. The van der Waals surface area contributed by atoms with E-state index in [-0.39, 0.29) is 11.9 Å². The van der Waals surface area contributed by atoms with Crippen molar-refractivity contribution < 1.29 is 18.3 Å². The lowest BCUT2D eigenvalue weighted by Crippen LogP contribution is -2.30. The van der Waals surface area contributed by atoms with Crippen LogP contribution < -0.4 is 4.74 Å². The van der Waals surface area contributed by atoms with Crippen molar-refractivity contribution in [1.29, 1.82) is 0 Å². The number of hydrogen-bond acceptors (Lipinski definition) is 3. The van der Waals surface area contributed by atoms with Crippen molar-refractivity contribution in [3.63, 3.8) is 0 Å². The molecular formula is C7H7BrF2N2O2. The molecule has 1 aromatic heterocycles. The van der Waals surface area contributed by atoms with E-state index in [0.29, 0.717) is 17.7 Å². The standard InChI is InChI=1S/C7H7BrF2N2O2/c8-5-1-12(4-2-13-3-4)11-6(5)14-7(9)10/h1,4,7H,2-3H2.